The molecule has 160 valence electrons. The van der Waals surface area contributed by atoms with Gasteiger partial charge >= 0.3 is 6.18 Å². The van der Waals surface area contributed by atoms with E-state index < -0.39 is 17.6 Å². The van der Waals surface area contributed by atoms with Gasteiger partial charge in [-0.3, -0.25) is 4.79 Å². The van der Waals surface area contributed by atoms with Crippen molar-refractivity contribution in [1.29, 1.82) is 5.26 Å². The SMILES string of the molecule is N#Cc1c(Oc2cccc(NC(=O)Cc3cccc(C(F)(F)F)c3)c2)ccc2ncsc12. The lowest BCUT2D eigenvalue weighted by atomic mass is 10.1. The Morgan fingerprint density at radius 2 is 1.94 bits per heavy atom. The molecule has 0 aliphatic rings. The normalized spacial score (nSPS) is 11.2. The monoisotopic (exact) mass is 453 g/mol. The molecule has 0 fully saturated rings. The molecule has 3 aromatic carbocycles. The molecule has 0 unspecified atom stereocenters. The minimum Gasteiger partial charge on any atom is -0.456 e. The average Bonchev–Trinajstić information content (AvgIpc) is 3.22. The Balaban J connectivity index is 1.48. The first-order valence-electron chi connectivity index (χ1n) is 9.34. The lowest BCUT2D eigenvalue weighted by molar-refractivity contribution is -0.137. The minimum absolute atomic E-state index is 0.213. The second-order valence-corrected chi connectivity index (χ2v) is 7.66. The van der Waals surface area contributed by atoms with Crippen LogP contribution in [0.1, 0.15) is 16.7 Å². The van der Waals surface area contributed by atoms with Gasteiger partial charge in [0.25, 0.3) is 0 Å². The highest BCUT2D eigenvalue weighted by molar-refractivity contribution is 7.17. The van der Waals surface area contributed by atoms with Crippen molar-refractivity contribution in [2.24, 2.45) is 0 Å². The third kappa shape index (κ3) is 4.71. The summed E-state index contributed by atoms with van der Waals surface area (Å²) in [5.74, 6) is 0.282. The van der Waals surface area contributed by atoms with Crippen molar-refractivity contribution < 1.29 is 22.7 Å². The number of carbonyl (C=O) groups is 1. The van der Waals surface area contributed by atoms with Gasteiger partial charge in [0.15, 0.2) is 0 Å². The van der Waals surface area contributed by atoms with Gasteiger partial charge in [-0.1, -0.05) is 24.3 Å². The number of ether oxygens (including phenoxy) is 1. The Morgan fingerprint density at radius 1 is 1.12 bits per heavy atom. The quantitative estimate of drug-likeness (QED) is 0.393. The summed E-state index contributed by atoms with van der Waals surface area (Å²) in [6.45, 7) is 0. The summed E-state index contributed by atoms with van der Waals surface area (Å²) in [7, 11) is 0. The fourth-order valence-electron chi connectivity index (χ4n) is 3.11. The van der Waals surface area contributed by atoms with Gasteiger partial charge in [-0.15, -0.1) is 11.3 Å². The molecule has 4 aromatic rings. The zero-order valence-corrected chi connectivity index (χ0v) is 17.1. The second kappa shape index (κ2) is 8.69. The number of aromatic nitrogens is 1. The van der Waals surface area contributed by atoms with Crippen LogP contribution in [0.2, 0.25) is 0 Å². The number of alkyl halides is 3. The first-order chi connectivity index (χ1) is 15.3. The van der Waals surface area contributed by atoms with E-state index in [0.29, 0.717) is 28.3 Å². The predicted octanol–water partition coefficient (Wildman–Crippen LogP) is 6.16. The fraction of sp³-hybridized carbons (Fsp3) is 0.0870. The largest absolute Gasteiger partial charge is 0.456 e. The van der Waals surface area contributed by atoms with Gasteiger partial charge in [0.2, 0.25) is 5.91 Å². The van der Waals surface area contributed by atoms with Crippen molar-refractivity contribution in [1.82, 2.24) is 4.98 Å². The van der Waals surface area contributed by atoms with Crippen molar-refractivity contribution in [3.63, 3.8) is 0 Å². The number of hydrogen-bond donors (Lipinski definition) is 1. The molecule has 0 aliphatic heterocycles. The van der Waals surface area contributed by atoms with Gasteiger partial charge in [0.05, 0.1) is 27.7 Å². The van der Waals surface area contributed by atoms with Crippen LogP contribution in [-0.4, -0.2) is 10.9 Å². The van der Waals surface area contributed by atoms with Crippen LogP contribution < -0.4 is 10.1 Å². The predicted molar refractivity (Wildman–Crippen MR) is 115 cm³/mol. The maximum Gasteiger partial charge on any atom is 0.416 e. The van der Waals surface area contributed by atoms with Crippen molar-refractivity contribution in [3.8, 4) is 17.6 Å². The van der Waals surface area contributed by atoms with Gasteiger partial charge < -0.3 is 10.1 Å². The molecule has 0 atom stereocenters. The molecular formula is C23H14F3N3O2S. The lowest BCUT2D eigenvalue weighted by Gasteiger charge is -2.11. The zero-order valence-electron chi connectivity index (χ0n) is 16.3. The second-order valence-electron chi connectivity index (χ2n) is 6.80. The molecule has 1 aromatic heterocycles. The van der Waals surface area contributed by atoms with Crippen LogP contribution in [0.15, 0.2) is 66.2 Å². The maximum atomic E-state index is 12.9. The number of hydrogen-bond acceptors (Lipinski definition) is 5. The fourth-order valence-corrected chi connectivity index (χ4v) is 3.89. The number of rotatable bonds is 5. The van der Waals surface area contributed by atoms with Crippen LogP contribution in [-0.2, 0) is 17.4 Å². The number of nitrogens with zero attached hydrogens (tertiary/aromatic N) is 2. The van der Waals surface area contributed by atoms with Gasteiger partial charge in [-0.25, -0.2) is 4.98 Å². The molecule has 0 aliphatic carbocycles. The number of anilines is 1. The van der Waals surface area contributed by atoms with Gasteiger partial charge in [0, 0.05) is 11.8 Å². The summed E-state index contributed by atoms with van der Waals surface area (Å²) in [6.07, 6.45) is -4.68. The number of thiazole rings is 1. The van der Waals surface area contributed by atoms with Crippen molar-refractivity contribution >= 4 is 33.1 Å². The summed E-state index contributed by atoms with van der Waals surface area (Å²) in [4.78, 5) is 16.5. The molecule has 1 N–H and O–H groups in total. The van der Waals surface area contributed by atoms with Gasteiger partial charge in [0.1, 0.15) is 23.1 Å². The summed E-state index contributed by atoms with van der Waals surface area (Å²) in [5.41, 5.74) is 2.58. The van der Waals surface area contributed by atoms with Crippen LogP contribution in [0.3, 0.4) is 0 Å². The number of nitrogens with one attached hydrogen (secondary N) is 1. The van der Waals surface area contributed by atoms with Crippen LogP contribution in [0.5, 0.6) is 11.5 Å². The molecule has 0 radical (unpaired) electrons. The Kier molecular flexibility index (Phi) is 5.79. The molecule has 1 amide bonds. The summed E-state index contributed by atoms with van der Waals surface area (Å²) in [6, 6.07) is 16.7. The number of carbonyl (C=O) groups excluding carboxylic acids is 1. The molecular weight excluding hydrogens is 439 g/mol. The number of halogens is 3. The van der Waals surface area contributed by atoms with E-state index in [0.717, 1.165) is 16.8 Å². The van der Waals surface area contributed by atoms with Gasteiger partial charge in [-0.05, 0) is 35.9 Å². The van der Waals surface area contributed by atoms with E-state index in [1.54, 1.807) is 41.9 Å². The van der Waals surface area contributed by atoms with Crippen LogP contribution >= 0.6 is 11.3 Å². The molecule has 5 nitrogen and oxygen atoms in total. The van der Waals surface area contributed by atoms with E-state index >= 15 is 0 Å². The first-order valence-corrected chi connectivity index (χ1v) is 10.2. The van der Waals surface area contributed by atoms with E-state index in [4.69, 9.17) is 4.74 Å². The van der Waals surface area contributed by atoms with E-state index in [2.05, 4.69) is 16.4 Å². The summed E-state index contributed by atoms with van der Waals surface area (Å²) < 4.78 is 45.1. The highest BCUT2D eigenvalue weighted by Gasteiger charge is 2.30. The molecule has 32 heavy (non-hydrogen) atoms. The first kappa shape index (κ1) is 21.3. The Bertz CT molecular complexity index is 1340. The van der Waals surface area contributed by atoms with Crippen LogP contribution in [0.25, 0.3) is 10.2 Å². The standard InChI is InChI=1S/C23H14F3N3O2S/c24-23(25,26)15-4-1-3-14(9-15)10-21(30)29-16-5-2-6-17(11-16)31-20-8-7-19-22(18(20)12-27)32-13-28-19/h1-9,11,13H,10H2,(H,29,30). The van der Waals surface area contributed by atoms with Crippen molar-refractivity contribution in [2.45, 2.75) is 12.6 Å². The molecule has 0 bridgehead atoms. The highest BCUT2D eigenvalue weighted by Crippen LogP contribution is 2.33. The number of amides is 1. The van der Waals surface area contributed by atoms with Crippen LogP contribution in [0.4, 0.5) is 18.9 Å². The molecule has 1 heterocycles. The summed E-state index contributed by atoms with van der Waals surface area (Å²) >= 11 is 1.34. The molecule has 9 heteroatoms. The molecule has 0 saturated carbocycles. The molecule has 0 spiro atoms. The van der Waals surface area contributed by atoms with E-state index in [1.807, 2.05) is 0 Å². The van der Waals surface area contributed by atoms with Gasteiger partial charge in [-0.2, -0.15) is 18.4 Å². The molecule has 0 saturated heterocycles. The number of fused-ring (bicyclic) bond motifs is 1. The molecule has 4 rings (SSSR count). The number of nitriles is 1. The lowest BCUT2D eigenvalue weighted by Crippen LogP contribution is -2.15. The maximum absolute atomic E-state index is 12.9. The van der Waals surface area contributed by atoms with Crippen LogP contribution in [0, 0.1) is 11.3 Å². The zero-order chi connectivity index (χ0) is 22.7. The van der Waals surface area contributed by atoms with E-state index in [-0.39, 0.29) is 12.0 Å². The van der Waals surface area contributed by atoms with Crippen molar-refractivity contribution in [3.05, 3.63) is 82.9 Å². The third-order valence-corrected chi connectivity index (χ3v) is 5.40. The van der Waals surface area contributed by atoms with Crippen molar-refractivity contribution in [2.75, 3.05) is 5.32 Å². The minimum atomic E-state index is -4.47. The smallest absolute Gasteiger partial charge is 0.416 e. The number of benzene rings is 3. The average molecular weight is 453 g/mol. The summed E-state index contributed by atoms with van der Waals surface area (Å²) in [5, 5.41) is 12.2. The van der Waals surface area contributed by atoms with E-state index in [9.17, 15) is 23.2 Å². The highest BCUT2D eigenvalue weighted by atomic mass is 32.1. The Morgan fingerprint density at radius 3 is 2.72 bits per heavy atom. The third-order valence-electron chi connectivity index (χ3n) is 4.54. The van der Waals surface area contributed by atoms with E-state index in [1.165, 1.54) is 23.5 Å². The topological polar surface area (TPSA) is 75.0 Å². The Hall–Kier alpha value is -3.90. The Labute approximate surface area is 184 Å².